The van der Waals surface area contributed by atoms with Gasteiger partial charge < -0.3 is 22.1 Å². The van der Waals surface area contributed by atoms with Crippen molar-refractivity contribution in [1.82, 2.24) is 0 Å². The van der Waals surface area contributed by atoms with Gasteiger partial charge in [-0.3, -0.25) is 9.59 Å². The summed E-state index contributed by atoms with van der Waals surface area (Å²) in [7, 11) is 0. The minimum atomic E-state index is -0.290. The molecule has 6 N–H and O–H groups in total. The van der Waals surface area contributed by atoms with Gasteiger partial charge >= 0.3 is 0 Å². The second-order valence-corrected chi connectivity index (χ2v) is 3.09. The monoisotopic (exact) mass is 294 g/mol. The lowest BCUT2D eigenvalue weighted by atomic mass is 10.2. The number of hydrogen-bond donors (Lipinski definition) is 4. The van der Waals surface area contributed by atoms with Crippen LogP contribution >= 0.6 is 24.8 Å². The van der Waals surface area contributed by atoms with Gasteiger partial charge in [0.2, 0.25) is 11.8 Å². The van der Waals surface area contributed by atoms with Crippen molar-refractivity contribution >= 4 is 48.0 Å². The maximum absolute atomic E-state index is 11.0. The summed E-state index contributed by atoms with van der Waals surface area (Å²) in [5.41, 5.74) is 11.5. The summed E-state index contributed by atoms with van der Waals surface area (Å²) in [5, 5.41) is 5.15. The van der Waals surface area contributed by atoms with Gasteiger partial charge in [0, 0.05) is 11.4 Å². The molecule has 0 spiro atoms. The third kappa shape index (κ3) is 6.41. The zero-order valence-electron chi connectivity index (χ0n) is 9.51. The van der Waals surface area contributed by atoms with Gasteiger partial charge in [-0.05, 0) is 18.2 Å². The average molecular weight is 295 g/mol. The number of nitrogens with two attached hydrogens (primary N) is 2. The molecule has 0 aromatic heterocycles. The van der Waals surface area contributed by atoms with E-state index in [1.807, 2.05) is 0 Å². The van der Waals surface area contributed by atoms with Crippen LogP contribution in [0.15, 0.2) is 24.3 Å². The first-order chi connectivity index (χ1) is 7.65. The molecule has 0 saturated carbocycles. The van der Waals surface area contributed by atoms with Crippen LogP contribution < -0.4 is 22.1 Å². The van der Waals surface area contributed by atoms with E-state index in [0.717, 1.165) is 0 Å². The van der Waals surface area contributed by atoms with E-state index in [1.54, 1.807) is 24.3 Å². The summed E-state index contributed by atoms with van der Waals surface area (Å²) in [6, 6.07) is 6.73. The summed E-state index contributed by atoms with van der Waals surface area (Å²) in [6.07, 6.45) is 0. The molecular weight excluding hydrogens is 279 g/mol. The number of benzene rings is 1. The van der Waals surface area contributed by atoms with Gasteiger partial charge in [-0.25, -0.2) is 0 Å². The molecule has 0 bridgehead atoms. The molecule has 0 aliphatic carbocycles. The zero-order valence-corrected chi connectivity index (χ0v) is 11.1. The number of rotatable bonds is 4. The van der Waals surface area contributed by atoms with Gasteiger partial charge in [0.05, 0.1) is 13.1 Å². The lowest BCUT2D eigenvalue weighted by Crippen LogP contribution is -2.23. The normalized spacial score (nSPS) is 8.56. The zero-order chi connectivity index (χ0) is 12.0. The molecule has 0 unspecified atom stereocenters. The highest BCUT2D eigenvalue weighted by Gasteiger charge is 2.02. The fourth-order valence-corrected chi connectivity index (χ4v) is 1.10. The SMILES string of the molecule is Cl.Cl.NCC(=O)Nc1cccc(NC(=O)CN)c1. The molecule has 1 aromatic rings. The van der Waals surface area contributed by atoms with E-state index in [1.165, 1.54) is 0 Å². The Kier molecular flexibility index (Phi) is 10.2. The summed E-state index contributed by atoms with van der Waals surface area (Å²) in [6.45, 7) is -0.168. The highest BCUT2D eigenvalue weighted by Crippen LogP contribution is 2.14. The largest absolute Gasteiger partial charge is 0.325 e. The maximum Gasteiger partial charge on any atom is 0.238 e. The smallest absolute Gasteiger partial charge is 0.238 e. The fraction of sp³-hybridized carbons (Fsp3) is 0.200. The molecule has 2 amide bonds. The van der Waals surface area contributed by atoms with E-state index in [9.17, 15) is 9.59 Å². The van der Waals surface area contributed by atoms with Crippen molar-refractivity contribution in [3.05, 3.63) is 24.3 Å². The molecule has 0 heterocycles. The van der Waals surface area contributed by atoms with E-state index in [-0.39, 0.29) is 49.7 Å². The minimum Gasteiger partial charge on any atom is -0.325 e. The van der Waals surface area contributed by atoms with Crippen LogP contribution in [0.1, 0.15) is 0 Å². The highest BCUT2D eigenvalue weighted by atomic mass is 35.5. The van der Waals surface area contributed by atoms with Crippen LogP contribution in [0.5, 0.6) is 0 Å². The first-order valence-electron chi connectivity index (χ1n) is 4.75. The van der Waals surface area contributed by atoms with E-state index in [2.05, 4.69) is 10.6 Å². The highest BCUT2D eigenvalue weighted by molar-refractivity contribution is 5.95. The number of carbonyl (C=O) groups excluding carboxylic acids is 2. The topological polar surface area (TPSA) is 110 Å². The Labute approximate surface area is 117 Å². The third-order valence-electron chi connectivity index (χ3n) is 1.80. The average Bonchev–Trinajstić information content (AvgIpc) is 2.29. The van der Waals surface area contributed by atoms with Gasteiger partial charge in [0.15, 0.2) is 0 Å². The van der Waals surface area contributed by atoms with E-state index in [4.69, 9.17) is 11.5 Å². The summed E-state index contributed by atoms with van der Waals surface area (Å²) >= 11 is 0. The lowest BCUT2D eigenvalue weighted by molar-refractivity contribution is -0.115. The first kappa shape index (κ1) is 19.0. The van der Waals surface area contributed by atoms with E-state index < -0.39 is 0 Å². The molecule has 0 aliphatic rings. The Balaban J connectivity index is 0. The summed E-state index contributed by atoms with van der Waals surface area (Å²) in [5.74, 6) is -0.579. The molecule has 1 rings (SSSR count). The van der Waals surface area contributed by atoms with Gasteiger partial charge in [-0.15, -0.1) is 24.8 Å². The van der Waals surface area contributed by atoms with Crippen molar-refractivity contribution in [3.63, 3.8) is 0 Å². The van der Waals surface area contributed by atoms with Crippen molar-refractivity contribution in [2.45, 2.75) is 0 Å². The van der Waals surface area contributed by atoms with Gasteiger partial charge in [0.25, 0.3) is 0 Å². The predicted octanol–water partition coefficient (Wildman–Crippen LogP) is 0.325. The van der Waals surface area contributed by atoms with Gasteiger partial charge in [0.1, 0.15) is 0 Å². The second-order valence-electron chi connectivity index (χ2n) is 3.09. The Morgan fingerprint density at radius 1 is 0.944 bits per heavy atom. The van der Waals surface area contributed by atoms with Crippen molar-refractivity contribution in [1.29, 1.82) is 0 Å². The molecular formula is C10H16Cl2N4O2. The van der Waals surface area contributed by atoms with Crippen LogP contribution in [0.4, 0.5) is 11.4 Å². The Morgan fingerprint density at radius 3 is 1.67 bits per heavy atom. The Bertz CT molecular complexity index is 368. The fourth-order valence-electron chi connectivity index (χ4n) is 1.10. The number of hydrogen-bond acceptors (Lipinski definition) is 4. The summed E-state index contributed by atoms with van der Waals surface area (Å²) < 4.78 is 0. The number of carbonyl (C=O) groups is 2. The number of halogens is 2. The van der Waals surface area contributed by atoms with Crippen LogP contribution in [0.25, 0.3) is 0 Å². The molecule has 0 radical (unpaired) electrons. The van der Waals surface area contributed by atoms with Crippen LogP contribution in [-0.2, 0) is 9.59 Å². The summed E-state index contributed by atoms with van der Waals surface area (Å²) in [4.78, 5) is 22.1. The molecule has 8 heteroatoms. The quantitative estimate of drug-likeness (QED) is 0.641. The molecule has 0 fully saturated rings. The van der Waals surface area contributed by atoms with Crippen molar-refractivity contribution < 1.29 is 9.59 Å². The van der Waals surface area contributed by atoms with E-state index in [0.29, 0.717) is 11.4 Å². The number of anilines is 2. The van der Waals surface area contributed by atoms with Crippen LogP contribution in [0.2, 0.25) is 0 Å². The second kappa shape index (κ2) is 9.67. The van der Waals surface area contributed by atoms with E-state index >= 15 is 0 Å². The van der Waals surface area contributed by atoms with Crippen molar-refractivity contribution in [2.24, 2.45) is 11.5 Å². The number of amides is 2. The standard InChI is InChI=1S/C10H14N4O2.2ClH/c11-5-9(15)13-7-2-1-3-8(4-7)14-10(16)6-12;;/h1-4H,5-6,11-12H2,(H,13,15)(H,14,16);2*1H. The molecule has 0 aliphatic heterocycles. The van der Waals surface area contributed by atoms with Crippen LogP contribution in [0, 0.1) is 0 Å². The van der Waals surface area contributed by atoms with Crippen LogP contribution in [-0.4, -0.2) is 24.9 Å². The molecule has 1 aromatic carbocycles. The van der Waals surface area contributed by atoms with Gasteiger partial charge in [-0.1, -0.05) is 6.07 Å². The maximum atomic E-state index is 11.0. The third-order valence-corrected chi connectivity index (χ3v) is 1.80. The van der Waals surface area contributed by atoms with Gasteiger partial charge in [-0.2, -0.15) is 0 Å². The lowest BCUT2D eigenvalue weighted by Gasteiger charge is -2.07. The molecule has 6 nitrogen and oxygen atoms in total. The van der Waals surface area contributed by atoms with Crippen molar-refractivity contribution in [3.8, 4) is 0 Å². The molecule has 18 heavy (non-hydrogen) atoms. The Morgan fingerprint density at radius 2 is 1.33 bits per heavy atom. The molecule has 102 valence electrons. The molecule has 0 saturated heterocycles. The predicted molar refractivity (Wildman–Crippen MR) is 76.3 cm³/mol. The van der Waals surface area contributed by atoms with Crippen LogP contribution in [0.3, 0.4) is 0 Å². The number of nitrogens with one attached hydrogen (secondary N) is 2. The van der Waals surface area contributed by atoms with Crippen molar-refractivity contribution in [2.75, 3.05) is 23.7 Å². The Hall–Kier alpha value is -1.34. The minimum absolute atomic E-state index is 0. The first-order valence-corrected chi connectivity index (χ1v) is 4.75. The molecule has 0 atom stereocenters.